The summed E-state index contributed by atoms with van der Waals surface area (Å²) in [5, 5.41) is 0. The number of amides is 3. The van der Waals surface area contributed by atoms with Crippen molar-refractivity contribution >= 4 is 17.7 Å². The molecule has 210 valence electrons. The van der Waals surface area contributed by atoms with Crippen LogP contribution in [0.4, 0.5) is 0 Å². The molecule has 6 aliphatic heterocycles. The van der Waals surface area contributed by atoms with Crippen molar-refractivity contribution < 1.29 is 42.8 Å². The molecule has 0 aliphatic carbocycles. The molecule has 6 fully saturated rings. The molecule has 6 unspecified atom stereocenters. The molecule has 12 nitrogen and oxygen atoms in total. The molecule has 3 amide bonds. The number of epoxide rings is 6. The van der Waals surface area contributed by atoms with E-state index in [1.165, 1.54) is 0 Å². The van der Waals surface area contributed by atoms with Crippen LogP contribution in [0.15, 0.2) is 18.2 Å². The zero-order valence-corrected chi connectivity index (χ0v) is 21.7. The molecule has 0 radical (unpaired) electrons. The second-order valence-corrected chi connectivity index (χ2v) is 11.1. The number of ether oxygens (including phenoxy) is 6. The van der Waals surface area contributed by atoms with Crippen molar-refractivity contribution in [3.05, 3.63) is 34.9 Å². The zero-order chi connectivity index (χ0) is 26.5. The van der Waals surface area contributed by atoms with Crippen molar-refractivity contribution in [1.29, 1.82) is 0 Å². The van der Waals surface area contributed by atoms with Gasteiger partial charge in [-0.2, -0.15) is 0 Å². The van der Waals surface area contributed by atoms with Gasteiger partial charge in [-0.25, -0.2) is 0 Å². The summed E-state index contributed by atoms with van der Waals surface area (Å²) in [5.41, 5.74) is 0.525. The fourth-order valence-electron chi connectivity index (χ4n) is 4.87. The van der Waals surface area contributed by atoms with Crippen molar-refractivity contribution in [3.8, 4) is 0 Å². The summed E-state index contributed by atoms with van der Waals surface area (Å²) in [4.78, 5) is 47.4. The normalized spacial score (nSPS) is 30.8. The van der Waals surface area contributed by atoms with E-state index in [0.29, 0.717) is 78.9 Å². The van der Waals surface area contributed by atoms with Crippen LogP contribution in [-0.4, -0.2) is 148 Å². The quantitative estimate of drug-likeness (QED) is 0.266. The zero-order valence-electron chi connectivity index (χ0n) is 21.7. The third-order valence-electron chi connectivity index (χ3n) is 7.56. The van der Waals surface area contributed by atoms with E-state index in [0.717, 1.165) is 0 Å². The molecule has 1 aromatic rings. The van der Waals surface area contributed by atoms with Gasteiger partial charge < -0.3 is 43.1 Å². The smallest absolute Gasteiger partial charge is 0.255 e. The van der Waals surface area contributed by atoms with Gasteiger partial charge in [0.05, 0.1) is 93.0 Å². The molecule has 0 bridgehead atoms. The lowest BCUT2D eigenvalue weighted by atomic mass is 9.96. The molecule has 6 saturated heterocycles. The van der Waals surface area contributed by atoms with Crippen LogP contribution in [0.5, 0.6) is 0 Å². The maximum Gasteiger partial charge on any atom is 0.255 e. The third kappa shape index (κ3) is 6.59. The van der Waals surface area contributed by atoms with Gasteiger partial charge in [0.25, 0.3) is 17.7 Å². The highest BCUT2D eigenvalue weighted by Crippen LogP contribution is 2.27. The summed E-state index contributed by atoms with van der Waals surface area (Å²) in [6, 6.07) is 4.95. The predicted molar refractivity (Wildman–Crippen MR) is 133 cm³/mol. The van der Waals surface area contributed by atoms with Crippen LogP contribution in [0.1, 0.15) is 31.1 Å². The molecule has 0 spiro atoms. The van der Waals surface area contributed by atoms with E-state index < -0.39 is 0 Å². The highest BCUT2D eigenvalue weighted by atomic mass is 16.6. The summed E-state index contributed by atoms with van der Waals surface area (Å²) in [6.07, 6.45) is -0.222. The molecular weight excluding hydrogens is 510 g/mol. The molecule has 0 N–H and O–H groups in total. The van der Waals surface area contributed by atoms with Crippen molar-refractivity contribution in [2.75, 3.05) is 78.9 Å². The van der Waals surface area contributed by atoms with Crippen LogP contribution in [0.2, 0.25) is 0 Å². The lowest BCUT2D eigenvalue weighted by molar-refractivity contribution is 0.0674. The first-order valence-electron chi connectivity index (χ1n) is 13.7. The summed E-state index contributed by atoms with van der Waals surface area (Å²) in [6.45, 7) is 5.91. The molecule has 1 aromatic carbocycles. The Balaban J connectivity index is 1.24. The van der Waals surface area contributed by atoms with Crippen LogP contribution in [0, 0.1) is 0 Å². The highest BCUT2D eigenvalue weighted by Gasteiger charge is 2.40. The van der Waals surface area contributed by atoms with Gasteiger partial charge in [0.1, 0.15) is 0 Å². The first-order chi connectivity index (χ1) is 19.0. The summed E-state index contributed by atoms with van der Waals surface area (Å²) >= 11 is 0. The number of hydrogen-bond donors (Lipinski definition) is 0. The lowest BCUT2D eigenvalue weighted by Gasteiger charge is -2.28. The number of rotatable bonds is 15. The van der Waals surface area contributed by atoms with Crippen LogP contribution in [0.25, 0.3) is 0 Å². The van der Waals surface area contributed by atoms with E-state index in [1.54, 1.807) is 32.9 Å². The van der Waals surface area contributed by atoms with E-state index in [1.807, 2.05) is 0 Å². The van der Waals surface area contributed by atoms with Gasteiger partial charge in [-0.15, -0.1) is 0 Å². The van der Waals surface area contributed by atoms with Crippen LogP contribution in [-0.2, 0) is 28.4 Å². The summed E-state index contributed by atoms with van der Waals surface area (Å²) in [5.74, 6) is -0.998. The van der Waals surface area contributed by atoms with Gasteiger partial charge in [-0.1, -0.05) is 6.07 Å². The molecule has 0 aromatic heterocycles. The first-order valence-corrected chi connectivity index (χ1v) is 13.7. The van der Waals surface area contributed by atoms with E-state index in [-0.39, 0.29) is 71.0 Å². The molecule has 39 heavy (non-hydrogen) atoms. The molecule has 12 heteroatoms. The van der Waals surface area contributed by atoms with Crippen LogP contribution < -0.4 is 0 Å². The molecule has 7 rings (SSSR count). The van der Waals surface area contributed by atoms with E-state index >= 15 is 0 Å². The standard InChI is InChI=1S/C27H33N3O9/c31-25(28(4-16-10-34-16)5-17-11-35-17)22-2-1-3-23(26(32)29(6-18-12-36-18)7-19-13-37-19)24(22)27(33)30(8-20-14-38-20)9-21-15-39-21/h1-3,16-21H,4-15H2. The maximum atomic E-state index is 14.3. The topological polar surface area (TPSA) is 136 Å². The monoisotopic (exact) mass is 543 g/mol. The van der Waals surface area contributed by atoms with E-state index in [9.17, 15) is 14.4 Å². The summed E-state index contributed by atoms with van der Waals surface area (Å²) in [7, 11) is 0. The fraction of sp³-hybridized carbons (Fsp3) is 0.667. The number of carbonyl (C=O) groups is 3. The Morgan fingerprint density at radius 2 is 0.769 bits per heavy atom. The van der Waals surface area contributed by atoms with Crippen LogP contribution in [0.3, 0.4) is 0 Å². The Bertz CT molecular complexity index is 1020. The Labute approximate surface area is 226 Å². The second-order valence-electron chi connectivity index (χ2n) is 11.1. The number of benzene rings is 1. The minimum atomic E-state index is -0.371. The summed E-state index contributed by atoms with van der Waals surface area (Å²) < 4.78 is 32.4. The minimum Gasteiger partial charge on any atom is -0.371 e. The first kappa shape index (κ1) is 25.4. The number of carbonyl (C=O) groups excluding carboxylic acids is 3. The Hall–Kier alpha value is -2.61. The van der Waals surface area contributed by atoms with Crippen molar-refractivity contribution in [2.45, 2.75) is 36.6 Å². The molecule has 0 saturated carbocycles. The molecule has 6 aliphatic rings. The van der Waals surface area contributed by atoms with Gasteiger partial charge in [0.15, 0.2) is 0 Å². The largest absolute Gasteiger partial charge is 0.371 e. The molecule has 6 heterocycles. The Kier molecular flexibility index (Phi) is 6.77. The number of hydrogen-bond acceptors (Lipinski definition) is 9. The van der Waals surface area contributed by atoms with Gasteiger partial charge in [-0.05, 0) is 12.1 Å². The van der Waals surface area contributed by atoms with Gasteiger partial charge in [0, 0.05) is 39.3 Å². The second kappa shape index (κ2) is 10.4. The average molecular weight is 544 g/mol. The van der Waals surface area contributed by atoms with Gasteiger partial charge >= 0.3 is 0 Å². The van der Waals surface area contributed by atoms with Gasteiger partial charge in [-0.3, -0.25) is 14.4 Å². The van der Waals surface area contributed by atoms with Crippen molar-refractivity contribution in [1.82, 2.24) is 14.7 Å². The molecular formula is C27H33N3O9. The fourth-order valence-corrected chi connectivity index (χ4v) is 4.87. The maximum absolute atomic E-state index is 14.3. The van der Waals surface area contributed by atoms with Crippen molar-refractivity contribution in [3.63, 3.8) is 0 Å². The molecule has 6 atom stereocenters. The van der Waals surface area contributed by atoms with E-state index in [4.69, 9.17) is 28.4 Å². The van der Waals surface area contributed by atoms with Crippen molar-refractivity contribution in [2.24, 2.45) is 0 Å². The third-order valence-corrected chi connectivity index (χ3v) is 7.56. The Morgan fingerprint density at radius 3 is 1.03 bits per heavy atom. The lowest BCUT2D eigenvalue weighted by Crippen LogP contribution is -2.43. The predicted octanol–water partition coefficient (Wildman–Crippen LogP) is -0.594. The average Bonchev–Trinajstić information content (AvgIpc) is 3.73. The number of nitrogens with zero attached hydrogens (tertiary/aromatic N) is 3. The SMILES string of the molecule is O=C(c1cccc(C(=O)N(CC2CO2)CC2CO2)c1C(=O)N(CC1CO1)CC1CO1)N(CC1CO1)CC1CO1. The van der Waals surface area contributed by atoms with E-state index in [2.05, 4.69) is 0 Å². The highest BCUT2D eigenvalue weighted by molar-refractivity contribution is 6.14. The Morgan fingerprint density at radius 1 is 0.513 bits per heavy atom. The minimum absolute atomic E-state index is 0.0280. The van der Waals surface area contributed by atoms with Gasteiger partial charge in [0.2, 0.25) is 0 Å². The van der Waals surface area contributed by atoms with Crippen LogP contribution >= 0.6 is 0 Å².